The zero-order valence-electron chi connectivity index (χ0n) is 13.4. The van der Waals surface area contributed by atoms with E-state index in [0.717, 1.165) is 33.3 Å². The number of nitrogens with one attached hydrogen (secondary N) is 1. The summed E-state index contributed by atoms with van der Waals surface area (Å²) >= 11 is 3.13. The highest BCUT2D eigenvalue weighted by Crippen LogP contribution is 2.29. The maximum absolute atomic E-state index is 13.3. The van der Waals surface area contributed by atoms with E-state index in [1.807, 2.05) is 22.4 Å². The Morgan fingerprint density at radius 1 is 1.24 bits per heavy atom. The summed E-state index contributed by atoms with van der Waals surface area (Å²) in [6.07, 6.45) is 0. The number of amides is 2. The van der Waals surface area contributed by atoms with E-state index >= 15 is 0 Å². The van der Waals surface area contributed by atoms with Crippen molar-refractivity contribution in [1.82, 2.24) is 15.2 Å². The van der Waals surface area contributed by atoms with Crippen LogP contribution in [0.4, 0.5) is 14.3 Å². The average molecular weight is 376 g/mol. The van der Waals surface area contributed by atoms with Gasteiger partial charge in [0.05, 0.1) is 16.8 Å². The Morgan fingerprint density at radius 3 is 2.84 bits per heavy atom. The number of piperazine rings is 1. The van der Waals surface area contributed by atoms with Gasteiger partial charge in [-0.3, -0.25) is 0 Å². The molecular weight excluding hydrogens is 359 g/mol. The van der Waals surface area contributed by atoms with Crippen molar-refractivity contribution in [3.8, 4) is 0 Å². The molecular formula is C17H17FN4OS2. The van der Waals surface area contributed by atoms with Gasteiger partial charge in [0.1, 0.15) is 5.82 Å². The fourth-order valence-electron chi connectivity index (χ4n) is 2.81. The normalized spacial score (nSPS) is 14.9. The Kier molecular flexibility index (Phi) is 4.54. The molecule has 0 spiro atoms. The second-order valence-electron chi connectivity index (χ2n) is 5.82. The predicted molar refractivity (Wildman–Crippen MR) is 99.9 cm³/mol. The molecule has 0 unspecified atom stereocenters. The maximum atomic E-state index is 13.3. The standard InChI is InChI=1S/C17H17FN4OS2/c18-12-3-4-14-15(10-12)25-17(20-14)22-7-5-21(6-8-22)16(23)19-11-13-2-1-9-24-13/h1-4,9-10H,5-8,11H2,(H,19,23). The molecule has 0 bridgehead atoms. The number of anilines is 1. The average Bonchev–Trinajstić information content (AvgIpc) is 3.29. The van der Waals surface area contributed by atoms with Crippen molar-refractivity contribution < 1.29 is 9.18 Å². The Labute approximate surface area is 152 Å². The van der Waals surface area contributed by atoms with Crippen molar-refractivity contribution in [2.45, 2.75) is 6.54 Å². The summed E-state index contributed by atoms with van der Waals surface area (Å²) in [5.74, 6) is -0.241. The van der Waals surface area contributed by atoms with E-state index in [1.54, 1.807) is 17.4 Å². The van der Waals surface area contributed by atoms with E-state index in [9.17, 15) is 9.18 Å². The number of carbonyl (C=O) groups is 1. The van der Waals surface area contributed by atoms with E-state index in [0.29, 0.717) is 19.6 Å². The van der Waals surface area contributed by atoms with Crippen molar-refractivity contribution in [2.24, 2.45) is 0 Å². The zero-order chi connectivity index (χ0) is 17.2. The van der Waals surface area contributed by atoms with Gasteiger partial charge < -0.3 is 15.1 Å². The molecule has 3 aromatic rings. The lowest BCUT2D eigenvalue weighted by atomic mass is 10.3. The van der Waals surface area contributed by atoms with Gasteiger partial charge in [-0.1, -0.05) is 17.4 Å². The number of rotatable bonds is 3. The molecule has 0 saturated carbocycles. The van der Waals surface area contributed by atoms with Gasteiger partial charge in [-0.15, -0.1) is 11.3 Å². The molecule has 2 amide bonds. The van der Waals surface area contributed by atoms with Crippen molar-refractivity contribution >= 4 is 44.1 Å². The number of thiazole rings is 1. The first-order chi connectivity index (χ1) is 12.2. The molecule has 1 N–H and O–H groups in total. The molecule has 4 rings (SSSR count). The molecule has 1 saturated heterocycles. The van der Waals surface area contributed by atoms with Crippen LogP contribution in [0.25, 0.3) is 10.2 Å². The minimum absolute atomic E-state index is 0.0283. The van der Waals surface area contributed by atoms with Crippen molar-refractivity contribution in [3.63, 3.8) is 0 Å². The maximum Gasteiger partial charge on any atom is 0.317 e. The third kappa shape index (κ3) is 3.59. The monoisotopic (exact) mass is 376 g/mol. The number of carbonyl (C=O) groups excluding carboxylic acids is 1. The number of halogens is 1. The number of urea groups is 1. The van der Waals surface area contributed by atoms with Crippen LogP contribution in [0.2, 0.25) is 0 Å². The summed E-state index contributed by atoms with van der Waals surface area (Å²) in [5, 5.41) is 5.85. The van der Waals surface area contributed by atoms with Gasteiger partial charge in [0.25, 0.3) is 0 Å². The lowest BCUT2D eigenvalue weighted by Crippen LogP contribution is -2.51. The molecule has 5 nitrogen and oxygen atoms in total. The Hall–Kier alpha value is -2.19. The summed E-state index contributed by atoms with van der Waals surface area (Å²) in [5.41, 5.74) is 0.817. The molecule has 1 fully saturated rings. The first-order valence-electron chi connectivity index (χ1n) is 8.05. The highest BCUT2D eigenvalue weighted by atomic mass is 32.1. The van der Waals surface area contributed by atoms with Crippen LogP contribution in [0, 0.1) is 5.82 Å². The second kappa shape index (κ2) is 6.97. The summed E-state index contributed by atoms with van der Waals surface area (Å²) in [6.45, 7) is 3.34. The molecule has 1 aromatic carbocycles. The van der Waals surface area contributed by atoms with Crippen LogP contribution in [0.15, 0.2) is 35.7 Å². The van der Waals surface area contributed by atoms with Gasteiger partial charge in [0.15, 0.2) is 5.13 Å². The van der Waals surface area contributed by atoms with Crippen LogP contribution in [-0.4, -0.2) is 42.1 Å². The number of benzene rings is 1. The molecule has 2 aromatic heterocycles. The quantitative estimate of drug-likeness (QED) is 0.761. The summed E-state index contributed by atoms with van der Waals surface area (Å²) in [6, 6.07) is 8.62. The highest BCUT2D eigenvalue weighted by molar-refractivity contribution is 7.22. The molecule has 0 aliphatic carbocycles. The Morgan fingerprint density at radius 2 is 2.08 bits per heavy atom. The van der Waals surface area contributed by atoms with Crippen molar-refractivity contribution in [2.75, 3.05) is 31.1 Å². The predicted octanol–water partition coefficient (Wildman–Crippen LogP) is 3.53. The highest BCUT2D eigenvalue weighted by Gasteiger charge is 2.23. The smallest absolute Gasteiger partial charge is 0.317 e. The fraction of sp³-hybridized carbons (Fsp3) is 0.294. The van der Waals surface area contributed by atoms with Crippen LogP contribution in [0.1, 0.15) is 4.88 Å². The minimum Gasteiger partial charge on any atom is -0.345 e. The van der Waals surface area contributed by atoms with Crippen LogP contribution in [-0.2, 0) is 6.54 Å². The number of fused-ring (bicyclic) bond motifs is 1. The van der Waals surface area contributed by atoms with Crippen LogP contribution < -0.4 is 10.2 Å². The Balaban J connectivity index is 1.34. The van der Waals surface area contributed by atoms with Gasteiger partial charge in [0.2, 0.25) is 0 Å². The Bertz CT molecular complexity index is 872. The number of hydrogen-bond donors (Lipinski definition) is 1. The number of aromatic nitrogens is 1. The number of nitrogens with zero attached hydrogens (tertiary/aromatic N) is 3. The van der Waals surface area contributed by atoms with Gasteiger partial charge in [-0.25, -0.2) is 14.2 Å². The zero-order valence-corrected chi connectivity index (χ0v) is 15.1. The van der Waals surface area contributed by atoms with Gasteiger partial charge in [-0.2, -0.15) is 0 Å². The third-order valence-corrected chi connectivity index (χ3v) is 6.13. The molecule has 130 valence electrons. The topological polar surface area (TPSA) is 48.5 Å². The van der Waals surface area contributed by atoms with Gasteiger partial charge in [0, 0.05) is 31.1 Å². The number of hydrogen-bond acceptors (Lipinski definition) is 5. The first-order valence-corrected chi connectivity index (χ1v) is 9.75. The lowest BCUT2D eigenvalue weighted by molar-refractivity contribution is 0.194. The largest absolute Gasteiger partial charge is 0.345 e. The molecule has 3 heterocycles. The van der Waals surface area contributed by atoms with Crippen molar-refractivity contribution in [3.05, 3.63) is 46.4 Å². The second-order valence-corrected chi connectivity index (χ2v) is 7.86. The molecule has 8 heteroatoms. The van der Waals surface area contributed by atoms with E-state index in [4.69, 9.17) is 0 Å². The summed E-state index contributed by atoms with van der Waals surface area (Å²) < 4.78 is 14.2. The van der Waals surface area contributed by atoms with Crippen LogP contribution >= 0.6 is 22.7 Å². The number of thiophene rings is 1. The van der Waals surface area contributed by atoms with Crippen LogP contribution in [0.3, 0.4) is 0 Å². The first kappa shape index (κ1) is 16.3. The van der Waals surface area contributed by atoms with Crippen LogP contribution in [0.5, 0.6) is 0 Å². The van der Waals surface area contributed by atoms with E-state index < -0.39 is 0 Å². The molecule has 1 aliphatic rings. The summed E-state index contributed by atoms with van der Waals surface area (Å²) in [7, 11) is 0. The van der Waals surface area contributed by atoms with E-state index in [1.165, 1.54) is 23.5 Å². The molecule has 0 atom stereocenters. The van der Waals surface area contributed by atoms with E-state index in [2.05, 4.69) is 15.2 Å². The van der Waals surface area contributed by atoms with E-state index in [-0.39, 0.29) is 11.8 Å². The minimum atomic E-state index is -0.241. The van der Waals surface area contributed by atoms with Crippen molar-refractivity contribution in [1.29, 1.82) is 0 Å². The lowest BCUT2D eigenvalue weighted by Gasteiger charge is -2.34. The van der Waals surface area contributed by atoms with Gasteiger partial charge >= 0.3 is 6.03 Å². The van der Waals surface area contributed by atoms with Gasteiger partial charge in [-0.05, 0) is 29.6 Å². The molecule has 1 aliphatic heterocycles. The fourth-order valence-corrected chi connectivity index (χ4v) is 4.50. The molecule has 0 radical (unpaired) electrons. The summed E-state index contributed by atoms with van der Waals surface area (Å²) in [4.78, 5) is 22.0. The molecule has 25 heavy (non-hydrogen) atoms. The third-order valence-electron chi connectivity index (χ3n) is 4.17. The SMILES string of the molecule is O=C(NCc1cccs1)N1CCN(c2nc3ccc(F)cc3s2)CC1.